The van der Waals surface area contributed by atoms with Crippen LogP contribution in [0.3, 0.4) is 0 Å². The van der Waals surface area contributed by atoms with Crippen LogP contribution in [0.5, 0.6) is 0 Å². The van der Waals surface area contributed by atoms with Crippen LogP contribution in [0.15, 0.2) is 0 Å². The number of amides is 1. The van der Waals surface area contributed by atoms with Crippen molar-refractivity contribution in [2.24, 2.45) is 0 Å². The highest BCUT2D eigenvalue weighted by Crippen LogP contribution is 2.25. The van der Waals surface area contributed by atoms with Gasteiger partial charge < -0.3 is 9.64 Å². The quantitative estimate of drug-likeness (QED) is 0.666. The zero-order chi connectivity index (χ0) is 10.1. The fourth-order valence-corrected chi connectivity index (χ4v) is 1.62. The summed E-state index contributed by atoms with van der Waals surface area (Å²) < 4.78 is 3.81. The standard InChI is InChI=1S/C8H13Cl2NO2/c1-8(9,10)7(12)11-4-3-6(5-11)13-2/h6H,3-5H2,1-2H3/t6-/m1/s1. The smallest absolute Gasteiger partial charge is 0.258 e. The first-order chi connectivity index (χ1) is 5.95. The Morgan fingerprint density at radius 3 is 2.62 bits per heavy atom. The van der Waals surface area contributed by atoms with Gasteiger partial charge in [-0.05, 0) is 13.3 Å². The van der Waals surface area contributed by atoms with Crippen molar-refractivity contribution in [3.8, 4) is 0 Å². The van der Waals surface area contributed by atoms with Crippen LogP contribution >= 0.6 is 23.2 Å². The Balaban J connectivity index is 2.52. The van der Waals surface area contributed by atoms with E-state index in [1.54, 1.807) is 12.0 Å². The van der Waals surface area contributed by atoms with Crippen molar-refractivity contribution in [2.45, 2.75) is 23.8 Å². The summed E-state index contributed by atoms with van der Waals surface area (Å²) in [7, 11) is 1.64. The Kier molecular flexibility index (Phi) is 3.44. The number of carbonyl (C=O) groups excluding carboxylic acids is 1. The molecule has 0 bridgehead atoms. The first kappa shape index (κ1) is 11.1. The van der Waals surface area contributed by atoms with E-state index in [-0.39, 0.29) is 12.0 Å². The van der Waals surface area contributed by atoms with Crippen molar-refractivity contribution in [1.82, 2.24) is 4.90 Å². The molecule has 1 heterocycles. The molecule has 0 aliphatic carbocycles. The van der Waals surface area contributed by atoms with Crippen molar-refractivity contribution in [1.29, 1.82) is 0 Å². The third-order valence-electron chi connectivity index (χ3n) is 2.14. The number of rotatable bonds is 2. The second kappa shape index (κ2) is 4.03. The van der Waals surface area contributed by atoms with E-state index in [0.717, 1.165) is 6.42 Å². The highest BCUT2D eigenvalue weighted by molar-refractivity contribution is 6.57. The molecule has 76 valence electrons. The first-order valence-corrected chi connectivity index (χ1v) is 4.90. The lowest BCUT2D eigenvalue weighted by Gasteiger charge is -2.21. The van der Waals surface area contributed by atoms with Gasteiger partial charge in [0.1, 0.15) is 0 Å². The van der Waals surface area contributed by atoms with Crippen LogP contribution in [0.2, 0.25) is 0 Å². The average molecular weight is 226 g/mol. The molecule has 0 aromatic carbocycles. The Morgan fingerprint density at radius 2 is 2.23 bits per heavy atom. The van der Waals surface area contributed by atoms with Crippen LogP contribution in [0.25, 0.3) is 0 Å². The number of alkyl halides is 2. The largest absolute Gasteiger partial charge is 0.380 e. The molecule has 1 rings (SSSR count). The lowest BCUT2D eigenvalue weighted by atomic mass is 10.3. The number of carbonyl (C=O) groups is 1. The number of ether oxygens (including phenoxy) is 1. The lowest BCUT2D eigenvalue weighted by Crippen LogP contribution is -2.39. The fourth-order valence-electron chi connectivity index (χ4n) is 1.38. The minimum atomic E-state index is -1.32. The van der Waals surface area contributed by atoms with Gasteiger partial charge in [-0.15, -0.1) is 0 Å². The van der Waals surface area contributed by atoms with Gasteiger partial charge in [-0.3, -0.25) is 4.79 Å². The van der Waals surface area contributed by atoms with Gasteiger partial charge in [-0.25, -0.2) is 0 Å². The molecule has 13 heavy (non-hydrogen) atoms. The SMILES string of the molecule is CO[C@@H]1CCN(C(=O)C(C)(Cl)Cl)C1. The molecule has 1 aliphatic heterocycles. The molecule has 0 aromatic heterocycles. The zero-order valence-corrected chi connectivity index (χ0v) is 9.23. The summed E-state index contributed by atoms with van der Waals surface area (Å²) in [4.78, 5) is 13.2. The lowest BCUT2D eigenvalue weighted by molar-refractivity contribution is -0.130. The van der Waals surface area contributed by atoms with Crippen molar-refractivity contribution in [3.63, 3.8) is 0 Å². The molecule has 1 saturated heterocycles. The maximum atomic E-state index is 11.5. The molecule has 1 atom stereocenters. The summed E-state index contributed by atoms with van der Waals surface area (Å²) in [5.74, 6) is -0.240. The Hall–Kier alpha value is 0.01000. The topological polar surface area (TPSA) is 29.5 Å². The first-order valence-electron chi connectivity index (χ1n) is 4.15. The number of halogens is 2. The molecule has 0 saturated carbocycles. The average Bonchev–Trinajstić information content (AvgIpc) is 2.48. The second-order valence-electron chi connectivity index (χ2n) is 3.29. The van der Waals surface area contributed by atoms with Crippen molar-refractivity contribution in [2.75, 3.05) is 20.2 Å². The van der Waals surface area contributed by atoms with E-state index in [1.165, 1.54) is 6.92 Å². The summed E-state index contributed by atoms with van der Waals surface area (Å²) >= 11 is 11.4. The van der Waals surface area contributed by atoms with Gasteiger partial charge in [0.2, 0.25) is 0 Å². The summed E-state index contributed by atoms with van der Waals surface area (Å²) in [6.07, 6.45) is 0.978. The molecule has 5 heteroatoms. The van der Waals surface area contributed by atoms with Gasteiger partial charge in [-0.1, -0.05) is 23.2 Å². The molecule has 0 aromatic rings. The third kappa shape index (κ3) is 2.73. The van der Waals surface area contributed by atoms with Crippen molar-refractivity contribution in [3.05, 3.63) is 0 Å². The maximum Gasteiger partial charge on any atom is 0.258 e. The molecule has 0 N–H and O–H groups in total. The van der Waals surface area contributed by atoms with Gasteiger partial charge in [0.15, 0.2) is 4.33 Å². The number of likely N-dealkylation sites (tertiary alicyclic amines) is 1. The molecule has 0 spiro atoms. The summed E-state index contributed by atoms with van der Waals surface area (Å²) in [5.41, 5.74) is 0. The normalized spacial score (nSPS) is 23.7. The zero-order valence-electron chi connectivity index (χ0n) is 7.72. The molecule has 0 unspecified atom stereocenters. The van der Waals surface area contributed by atoms with Gasteiger partial charge in [-0.2, -0.15) is 0 Å². The molecule has 1 aliphatic rings. The van der Waals surface area contributed by atoms with Crippen LogP contribution < -0.4 is 0 Å². The minimum absolute atomic E-state index is 0.125. The van der Waals surface area contributed by atoms with E-state index in [0.29, 0.717) is 13.1 Å². The summed E-state index contributed by atoms with van der Waals surface area (Å²) in [6, 6.07) is 0. The van der Waals surface area contributed by atoms with Crippen LogP contribution in [0.1, 0.15) is 13.3 Å². The van der Waals surface area contributed by atoms with E-state index in [4.69, 9.17) is 27.9 Å². The Bertz CT molecular complexity index is 203. The van der Waals surface area contributed by atoms with Gasteiger partial charge in [0.25, 0.3) is 5.91 Å². The maximum absolute atomic E-state index is 11.5. The molecular weight excluding hydrogens is 213 g/mol. The van der Waals surface area contributed by atoms with Crippen LogP contribution in [-0.4, -0.2) is 41.4 Å². The fraction of sp³-hybridized carbons (Fsp3) is 0.875. The highest BCUT2D eigenvalue weighted by Gasteiger charge is 2.36. The molecule has 1 fully saturated rings. The van der Waals surface area contributed by atoms with Gasteiger partial charge in [0, 0.05) is 20.2 Å². The number of hydrogen-bond donors (Lipinski definition) is 0. The molecular formula is C8H13Cl2NO2. The van der Waals surface area contributed by atoms with E-state index in [9.17, 15) is 4.79 Å². The second-order valence-corrected chi connectivity index (χ2v) is 4.99. The Morgan fingerprint density at radius 1 is 1.62 bits per heavy atom. The molecule has 0 radical (unpaired) electrons. The van der Waals surface area contributed by atoms with Gasteiger partial charge >= 0.3 is 0 Å². The van der Waals surface area contributed by atoms with E-state index in [1.807, 2.05) is 0 Å². The van der Waals surface area contributed by atoms with E-state index >= 15 is 0 Å². The van der Waals surface area contributed by atoms with Crippen molar-refractivity contribution >= 4 is 29.1 Å². The summed E-state index contributed by atoms with van der Waals surface area (Å²) in [5, 5.41) is 0. The van der Waals surface area contributed by atoms with E-state index in [2.05, 4.69) is 0 Å². The third-order valence-corrected chi connectivity index (χ3v) is 2.46. The Labute approximate surface area is 87.9 Å². The number of nitrogens with zero attached hydrogens (tertiary/aromatic N) is 1. The van der Waals surface area contributed by atoms with Crippen LogP contribution in [0, 0.1) is 0 Å². The minimum Gasteiger partial charge on any atom is -0.380 e. The number of methoxy groups -OCH3 is 1. The van der Waals surface area contributed by atoms with E-state index < -0.39 is 4.33 Å². The molecule has 1 amide bonds. The molecule has 3 nitrogen and oxygen atoms in total. The van der Waals surface area contributed by atoms with Gasteiger partial charge in [0.05, 0.1) is 6.10 Å². The van der Waals surface area contributed by atoms with Crippen molar-refractivity contribution < 1.29 is 9.53 Å². The van der Waals surface area contributed by atoms with Crippen LogP contribution in [0.4, 0.5) is 0 Å². The number of hydrogen-bond acceptors (Lipinski definition) is 2. The predicted octanol–water partition coefficient (Wildman–Crippen LogP) is 1.43. The van der Waals surface area contributed by atoms with Crippen LogP contribution in [-0.2, 0) is 9.53 Å². The predicted molar refractivity (Wildman–Crippen MR) is 52.1 cm³/mol. The summed E-state index contributed by atoms with van der Waals surface area (Å²) in [6.45, 7) is 2.75. The highest BCUT2D eigenvalue weighted by atomic mass is 35.5. The monoisotopic (exact) mass is 225 g/mol.